The number of benzene rings is 4. The number of carbonyl (C=O) groups excluding carboxylic acids is 3. The maximum absolute atomic E-state index is 13.4. The zero-order valence-corrected chi connectivity index (χ0v) is 19.9. The van der Waals surface area contributed by atoms with Gasteiger partial charge >= 0.3 is 0 Å². The number of nitrogens with zero attached hydrogens (tertiary/aromatic N) is 1. The fourth-order valence-electron chi connectivity index (χ4n) is 3.80. The van der Waals surface area contributed by atoms with Crippen molar-refractivity contribution < 1.29 is 19.1 Å². The molecule has 36 heavy (non-hydrogen) atoms. The van der Waals surface area contributed by atoms with Crippen molar-refractivity contribution in [2.24, 2.45) is 0 Å². The van der Waals surface area contributed by atoms with Gasteiger partial charge in [0.1, 0.15) is 12.3 Å². The summed E-state index contributed by atoms with van der Waals surface area (Å²) in [5, 5.41) is 7.30. The van der Waals surface area contributed by atoms with Gasteiger partial charge in [0.15, 0.2) is 0 Å². The van der Waals surface area contributed by atoms with Gasteiger partial charge < -0.3 is 20.3 Å². The van der Waals surface area contributed by atoms with Crippen molar-refractivity contribution in [2.45, 2.75) is 6.54 Å². The van der Waals surface area contributed by atoms with E-state index in [9.17, 15) is 14.4 Å². The molecule has 182 valence electrons. The molecular weight excluding hydrogens is 454 g/mol. The average Bonchev–Trinajstić information content (AvgIpc) is 2.92. The van der Waals surface area contributed by atoms with Crippen molar-refractivity contribution in [3.05, 3.63) is 108 Å². The van der Waals surface area contributed by atoms with Gasteiger partial charge in [0, 0.05) is 17.8 Å². The van der Waals surface area contributed by atoms with Crippen molar-refractivity contribution >= 4 is 34.2 Å². The van der Waals surface area contributed by atoms with E-state index in [0.29, 0.717) is 17.0 Å². The summed E-state index contributed by atoms with van der Waals surface area (Å²) >= 11 is 0. The summed E-state index contributed by atoms with van der Waals surface area (Å²) in [5.41, 5.74) is 1.98. The second-order valence-electron chi connectivity index (χ2n) is 8.26. The molecule has 0 bridgehead atoms. The van der Waals surface area contributed by atoms with E-state index in [0.717, 1.165) is 16.3 Å². The standard InChI is InChI=1S/C29H27N3O4/c1-36-26-15-13-25(14-16-26)31-27(33)18-30-28(34)20-32(19-21-7-3-2-4-8-21)29(35)24-12-11-22-9-5-6-10-23(22)17-24/h2-17H,18-20H2,1H3,(H,30,34)(H,31,33). The van der Waals surface area contributed by atoms with Crippen LogP contribution in [-0.4, -0.2) is 42.8 Å². The minimum Gasteiger partial charge on any atom is -0.497 e. The van der Waals surface area contributed by atoms with Crippen molar-refractivity contribution in [1.29, 1.82) is 0 Å². The molecule has 0 aliphatic carbocycles. The molecule has 0 saturated heterocycles. The maximum Gasteiger partial charge on any atom is 0.254 e. The van der Waals surface area contributed by atoms with Gasteiger partial charge in [-0.2, -0.15) is 0 Å². The summed E-state index contributed by atoms with van der Waals surface area (Å²) in [6.45, 7) is -0.136. The van der Waals surface area contributed by atoms with Crippen LogP contribution in [0, 0.1) is 0 Å². The molecule has 0 atom stereocenters. The molecule has 0 heterocycles. The van der Waals surface area contributed by atoms with Gasteiger partial charge in [0.05, 0.1) is 13.7 Å². The van der Waals surface area contributed by atoms with E-state index in [1.807, 2.05) is 66.7 Å². The molecular formula is C29H27N3O4. The number of carbonyl (C=O) groups is 3. The van der Waals surface area contributed by atoms with Gasteiger partial charge in [-0.3, -0.25) is 14.4 Å². The Bertz CT molecular complexity index is 1350. The van der Waals surface area contributed by atoms with Crippen LogP contribution in [0.4, 0.5) is 5.69 Å². The molecule has 7 heteroatoms. The molecule has 0 aliphatic heterocycles. The first-order chi connectivity index (χ1) is 17.5. The summed E-state index contributed by atoms with van der Waals surface area (Å²) in [7, 11) is 1.56. The zero-order valence-electron chi connectivity index (χ0n) is 19.9. The summed E-state index contributed by atoms with van der Waals surface area (Å²) < 4.78 is 5.10. The Morgan fingerprint density at radius 2 is 1.47 bits per heavy atom. The first kappa shape index (κ1) is 24.5. The van der Waals surface area contributed by atoms with E-state index in [1.165, 1.54) is 4.90 Å². The first-order valence-corrected chi connectivity index (χ1v) is 11.5. The number of anilines is 1. The quantitative estimate of drug-likeness (QED) is 0.374. The highest BCUT2D eigenvalue weighted by Gasteiger charge is 2.20. The van der Waals surface area contributed by atoms with Crippen LogP contribution in [0.2, 0.25) is 0 Å². The van der Waals surface area contributed by atoms with Crippen LogP contribution in [0.25, 0.3) is 10.8 Å². The van der Waals surface area contributed by atoms with Gasteiger partial charge in [-0.15, -0.1) is 0 Å². The molecule has 0 aromatic heterocycles. The number of rotatable bonds is 9. The molecule has 0 spiro atoms. The van der Waals surface area contributed by atoms with Crippen LogP contribution in [0.5, 0.6) is 5.75 Å². The summed E-state index contributed by atoms with van der Waals surface area (Å²) in [5.74, 6) is -0.382. The molecule has 0 saturated carbocycles. The van der Waals surface area contributed by atoms with Crippen LogP contribution >= 0.6 is 0 Å². The van der Waals surface area contributed by atoms with Gasteiger partial charge in [0.2, 0.25) is 11.8 Å². The summed E-state index contributed by atoms with van der Waals surface area (Å²) in [4.78, 5) is 39.9. The molecule has 4 aromatic carbocycles. The third-order valence-electron chi connectivity index (χ3n) is 5.65. The SMILES string of the molecule is COc1ccc(NC(=O)CNC(=O)CN(Cc2ccccc2)C(=O)c2ccc3ccccc3c2)cc1. The fourth-order valence-corrected chi connectivity index (χ4v) is 3.80. The van der Waals surface area contributed by atoms with Crippen molar-refractivity contribution in [3.8, 4) is 5.75 Å². The molecule has 2 N–H and O–H groups in total. The molecule has 0 radical (unpaired) electrons. The summed E-state index contributed by atoms with van der Waals surface area (Å²) in [6, 6.07) is 29.6. The molecule has 0 unspecified atom stereocenters. The number of hydrogen-bond donors (Lipinski definition) is 2. The van der Waals surface area contributed by atoms with E-state index in [1.54, 1.807) is 37.4 Å². The van der Waals surface area contributed by atoms with Gasteiger partial charge in [-0.05, 0) is 52.7 Å². The second kappa shape index (κ2) is 11.7. The van der Waals surface area contributed by atoms with Crippen molar-refractivity contribution in [2.75, 3.05) is 25.5 Å². The van der Waals surface area contributed by atoms with Crippen molar-refractivity contribution in [1.82, 2.24) is 10.2 Å². The van der Waals surface area contributed by atoms with Crippen LogP contribution < -0.4 is 15.4 Å². The lowest BCUT2D eigenvalue weighted by molar-refractivity contribution is -0.124. The topological polar surface area (TPSA) is 87.7 Å². The lowest BCUT2D eigenvalue weighted by atomic mass is 10.1. The highest BCUT2D eigenvalue weighted by atomic mass is 16.5. The minimum absolute atomic E-state index is 0.184. The third-order valence-corrected chi connectivity index (χ3v) is 5.65. The number of fused-ring (bicyclic) bond motifs is 1. The average molecular weight is 482 g/mol. The van der Waals surface area contributed by atoms with E-state index in [4.69, 9.17) is 4.74 Å². The van der Waals surface area contributed by atoms with Gasteiger partial charge in [0.25, 0.3) is 5.91 Å². The number of nitrogens with one attached hydrogen (secondary N) is 2. The van der Waals surface area contributed by atoms with E-state index in [2.05, 4.69) is 10.6 Å². The smallest absolute Gasteiger partial charge is 0.254 e. The number of hydrogen-bond acceptors (Lipinski definition) is 4. The Kier molecular flexibility index (Phi) is 7.93. The number of amides is 3. The Balaban J connectivity index is 1.42. The predicted octanol–water partition coefficient (Wildman–Crippen LogP) is 4.25. The molecule has 0 aliphatic rings. The molecule has 7 nitrogen and oxygen atoms in total. The number of methoxy groups -OCH3 is 1. The molecule has 0 fully saturated rings. The fraction of sp³-hybridized carbons (Fsp3) is 0.138. The molecule has 4 aromatic rings. The molecule has 4 rings (SSSR count). The highest BCUT2D eigenvalue weighted by molar-refractivity contribution is 6.00. The Morgan fingerprint density at radius 3 is 2.19 bits per heavy atom. The maximum atomic E-state index is 13.4. The van der Waals surface area contributed by atoms with E-state index >= 15 is 0 Å². The zero-order chi connectivity index (χ0) is 25.3. The van der Waals surface area contributed by atoms with Gasteiger partial charge in [-0.1, -0.05) is 60.7 Å². The van der Waals surface area contributed by atoms with Crippen LogP contribution in [-0.2, 0) is 16.1 Å². The Hall–Kier alpha value is -4.65. The minimum atomic E-state index is -0.426. The van der Waals surface area contributed by atoms with Crippen LogP contribution in [0.15, 0.2) is 97.1 Å². The second-order valence-corrected chi connectivity index (χ2v) is 8.26. The van der Waals surface area contributed by atoms with E-state index in [-0.39, 0.29) is 31.4 Å². The largest absolute Gasteiger partial charge is 0.497 e. The third kappa shape index (κ3) is 6.48. The first-order valence-electron chi connectivity index (χ1n) is 11.5. The lowest BCUT2D eigenvalue weighted by Gasteiger charge is -2.23. The predicted molar refractivity (Wildman–Crippen MR) is 140 cm³/mol. The van der Waals surface area contributed by atoms with Crippen LogP contribution in [0.3, 0.4) is 0 Å². The Morgan fingerprint density at radius 1 is 0.778 bits per heavy atom. The van der Waals surface area contributed by atoms with Crippen LogP contribution in [0.1, 0.15) is 15.9 Å². The van der Waals surface area contributed by atoms with Gasteiger partial charge in [-0.25, -0.2) is 0 Å². The monoisotopic (exact) mass is 481 g/mol. The highest BCUT2D eigenvalue weighted by Crippen LogP contribution is 2.18. The normalized spacial score (nSPS) is 10.5. The van der Waals surface area contributed by atoms with Crippen molar-refractivity contribution in [3.63, 3.8) is 0 Å². The number of ether oxygens (including phenoxy) is 1. The lowest BCUT2D eigenvalue weighted by Crippen LogP contribution is -2.42. The molecule has 3 amide bonds. The Labute approximate surface area is 209 Å². The summed E-state index contributed by atoms with van der Waals surface area (Å²) in [6.07, 6.45) is 0. The van der Waals surface area contributed by atoms with E-state index < -0.39 is 5.91 Å².